The second kappa shape index (κ2) is 8.58. The van der Waals surface area contributed by atoms with Crippen molar-refractivity contribution in [3.63, 3.8) is 0 Å². The van der Waals surface area contributed by atoms with Crippen LogP contribution in [0.15, 0.2) is 35.4 Å². The van der Waals surface area contributed by atoms with E-state index in [1.807, 2.05) is 37.3 Å². The van der Waals surface area contributed by atoms with Gasteiger partial charge >= 0.3 is 0 Å². The maximum Gasteiger partial charge on any atom is 0.240 e. The Labute approximate surface area is 159 Å². The van der Waals surface area contributed by atoms with Crippen LogP contribution in [0.2, 0.25) is 0 Å². The van der Waals surface area contributed by atoms with E-state index in [9.17, 15) is 4.79 Å². The van der Waals surface area contributed by atoms with E-state index >= 15 is 0 Å². The Morgan fingerprint density at radius 3 is 2.70 bits per heavy atom. The first-order valence-corrected chi connectivity index (χ1v) is 8.92. The largest absolute Gasteiger partial charge is 0.497 e. The van der Waals surface area contributed by atoms with Crippen LogP contribution in [0.5, 0.6) is 17.2 Å². The molecule has 0 fully saturated rings. The van der Waals surface area contributed by atoms with Gasteiger partial charge in [-0.1, -0.05) is 6.07 Å². The first-order chi connectivity index (χ1) is 13.1. The van der Waals surface area contributed by atoms with E-state index in [2.05, 4.69) is 17.5 Å². The molecular formula is C21H24N2O4. The third-order valence-corrected chi connectivity index (χ3v) is 4.55. The first kappa shape index (κ1) is 18.8. The van der Waals surface area contributed by atoms with Gasteiger partial charge < -0.3 is 14.2 Å². The smallest absolute Gasteiger partial charge is 0.240 e. The predicted octanol–water partition coefficient (Wildman–Crippen LogP) is 3.51. The van der Waals surface area contributed by atoms with Crippen LogP contribution in [-0.2, 0) is 11.2 Å². The number of benzene rings is 2. The van der Waals surface area contributed by atoms with Gasteiger partial charge in [0, 0.05) is 12.0 Å². The van der Waals surface area contributed by atoms with Crippen LogP contribution in [-0.4, -0.2) is 26.0 Å². The van der Waals surface area contributed by atoms with E-state index in [4.69, 9.17) is 14.2 Å². The zero-order chi connectivity index (χ0) is 19.2. The Bertz CT molecular complexity index is 862. The molecule has 1 heterocycles. The summed E-state index contributed by atoms with van der Waals surface area (Å²) in [5, 5.41) is 4.06. The molecule has 27 heavy (non-hydrogen) atoms. The maximum atomic E-state index is 12.0. The molecule has 1 aliphatic heterocycles. The average Bonchev–Trinajstić information content (AvgIpc) is 3.10. The first-order valence-electron chi connectivity index (χ1n) is 8.92. The lowest BCUT2D eigenvalue weighted by Gasteiger charge is -2.07. The molecule has 3 rings (SSSR count). The van der Waals surface area contributed by atoms with Crippen molar-refractivity contribution in [2.24, 2.45) is 5.10 Å². The second-order valence-electron chi connectivity index (χ2n) is 6.50. The molecule has 0 atom stereocenters. The second-order valence-corrected chi connectivity index (χ2v) is 6.50. The van der Waals surface area contributed by atoms with Gasteiger partial charge in [0.05, 0.1) is 13.3 Å². The number of hydrazone groups is 1. The zero-order valence-corrected chi connectivity index (χ0v) is 15.9. The monoisotopic (exact) mass is 368 g/mol. The summed E-state index contributed by atoms with van der Waals surface area (Å²) in [5.41, 5.74) is 6.87. The summed E-state index contributed by atoms with van der Waals surface area (Å²) in [4.78, 5) is 12.0. The van der Waals surface area contributed by atoms with Crippen molar-refractivity contribution < 1.29 is 19.0 Å². The summed E-state index contributed by atoms with van der Waals surface area (Å²) in [7, 11) is 1.66. The Balaban J connectivity index is 1.47. The summed E-state index contributed by atoms with van der Waals surface area (Å²) in [6.45, 7) is 4.25. The highest BCUT2D eigenvalue weighted by Crippen LogP contribution is 2.34. The molecule has 1 aliphatic rings. The molecule has 0 spiro atoms. The predicted molar refractivity (Wildman–Crippen MR) is 104 cm³/mol. The lowest BCUT2D eigenvalue weighted by atomic mass is 10.0. The fourth-order valence-corrected chi connectivity index (χ4v) is 2.94. The number of aryl methyl sites for hydroxylation is 3. The number of carbonyl (C=O) groups is 1. The molecule has 0 saturated carbocycles. The van der Waals surface area contributed by atoms with Crippen molar-refractivity contribution in [1.29, 1.82) is 0 Å². The number of rotatable bonds is 7. The fraction of sp³-hybridized carbons (Fsp3) is 0.333. The Morgan fingerprint density at radius 1 is 1.19 bits per heavy atom. The van der Waals surface area contributed by atoms with Gasteiger partial charge in [0.25, 0.3) is 0 Å². The minimum absolute atomic E-state index is 0.101. The molecule has 2 aromatic rings. The van der Waals surface area contributed by atoms with Gasteiger partial charge in [-0.25, -0.2) is 5.43 Å². The van der Waals surface area contributed by atoms with Crippen molar-refractivity contribution in [3.8, 4) is 17.2 Å². The van der Waals surface area contributed by atoms with E-state index in [0.29, 0.717) is 12.2 Å². The van der Waals surface area contributed by atoms with Crippen LogP contribution in [0.4, 0.5) is 0 Å². The minimum atomic E-state index is -0.101. The van der Waals surface area contributed by atoms with Crippen molar-refractivity contribution in [2.75, 3.05) is 13.9 Å². The van der Waals surface area contributed by atoms with Gasteiger partial charge in [-0.2, -0.15) is 5.10 Å². The lowest BCUT2D eigenvalue weighted by molar-refractivity contribution is -0.121. The lowest BCUT2D eigenvalue weighted by Crippen LogP contribution is -2.17. The van der Waals surface area contributed by atoms with Gasteiger partial charge in [-0.05, 0) is 67.6 Å². The molecule has 1 N–H and O–H groups in total. The van der Waals surface area contributed by atoms with E-state index in [1.54, 1.807) is 13.3 Å². The topological polar surface area (TPSA) is 69.2 Å². The Kier molecular flexibility index (Phi) is 5.96. The number of hydrogen-bond donors (Lipinski definition) is 1. The molecule has 0 radical (unpaired) electrons. The number of nitrogens with zero attached hydrogens (tertiary/aromatic N) is 1. The molecular weight excluding hydrogens is 344 g/mol. The Morgan fingerprint density at radius 2 is 1.96 bits per heavy atom. The van der Waals surface area contributed by atoms with E-state index < -0.39 is 0 Å². The minimum Gasteiger partial charge on any atom is -0.497 e. The average molecular weight is 368 g/mol. The van der Waals surface area contributed by atoms with Gasteiger partial charge in [-0.3, -0.25) is 4.79 Å². The van der Waals surface area contributed by atoms with Crippen LogP contribution in [0.25, 0.3) is 0 Å². The number of hydrogen-bond acceptors (Lipinski definition) is 5. The normalized spacial score (nSPS) is 12.4. The van der Waals surface area contributed by atoms with Crippen molar-refractivity contribution in [1.82, 2.24) is 5.43 Å². The summed E-state index contributed by atoms with van der Waals surface area (Å²) in [5.74, 6) is 2.18. The molecule has 142 valence electrons. The standard InChI is InChI=1S/C21H24N2O4/c1-14-9-18(25-3)8-7-16(14)5-4-6-21(24)23-22-12-17-11-20-19(10-15(17)2)26-13-27-20/h7-12H,4-6,13H2,1-3H3,(H,23,24)/b22-12-. The number of fused-ring (bicyclic) bond motifs is 1. The number of carbonyl (C=O) groups excluding carboxylic acids is 1. The van der Waals surface area contributed by atoms with Gasteiger partial charge in [-0.15, -0.1) is 0 Å². The Hall–Kier alpha value is -3.02. The summed E-state index contributed by atoms with van der Waals surface area (Å²) >= 11 is 0. The molecule has 0 bridgehead atoms. The summed E-state index contributed by atoms with van der Waals surface area (Å²) in [6, 6.07) is 9.77. The number of methoxy groups -OCH3 is 1. The van der Waals surface area contributed by atoms with Crippen LogP contribution in [0, 0.1) is 13.8 Å². The maximum absolute atomic E-state index is 12.0. The third-order valence-electron chi connectivity index (χ3n) is 4.55. The van der Waals surface area contributed by atoms with Gasteiger partial charge in [0.1, 0.15) is 5.75 Å². The molecule has 0 saturated heterocycles. The molecule has 0 aromatic heterocycles. The molecule has 1 amide bonds. The molecule has 2 aromatic carbocycles. The zero-order valence-electron chi connectivity index (χ0n) is 15.9. The SMILES string of the molecule is COc1ccc(CCCC(=O)N/N=C\c2cc3c(cc2C)OCO3)c(C)c1. The van der Waals surface area contributed by atoms with E-state index in [1.165, 1.54) is 11.1 Å². The van der Waals surface area contributed by atoms with E-state index in [-0.39, 0.29) is 12.7 Å². The van der Waals surface area contributed by atoms with Crippen LogP contribution in [0.1, 0.15) is 35.1 Å². The van der Waals surface area contributed by atoms with Gasteiger partial charge in [0.15, 0.2) is 11.5 Å². The summed E-state index contributed by atoms with van der Waals surface area (Å²) < 4.78 is 15.9. The molecule has 6 heteroatoms. The highest BCUT2D eigenvalue weighted by Gasteiger charge is 2.14. The molecule has 0 unspecified atom stereocenters. The van der Waals surface area contributed by atoms with Gasteiger partial charge in [0.2, 0.25) is 12.7 Å². The van der Waals surface area contributed by atoms with Crippen LogP contribution < -0.4 is 19.6 Å². The highest BCUT2D eigenvalue weighted by molar-refractivity contribution is 5.85. The third kappa shape index (κ3) is 4.78. The molecule has 6 nitrogen and oxygen atoms in total. The number of amides is 1. The number of nitrogens with one attached hydrogen (secondary N) is 1. The van der Waals surface area contributed by atoms with Crippen LogP contribution in [0.3, 0.4) is 0 Å². The summed E-state index contributed by atoms with van der Waals surface area (Å²) in [6.07, 6.45) is 3.65. The quantitative estimate of drug-likeness (QED) is 0.600. The van der Waals surface area contributed by atoms with E-state index in [0.717, 1.165) is 35.5 Å². The van der Waals surface area contributed by atoms with Crippen molar-refractivity contribution in [3.05, 3.63) is 52.6 Å². The number of ether oxygens (including phenoxy) is 3. The van der Waals surface area contributed by atoms with Crippen molar-refractivity contribution >= 4 is 12.1 Å². The molecule has 0 aliphatic carbocycles. The fourth-order valence-electron chi connectivity index (χ4n) is 2.94. The van der Waals surface area contributed by atoms with Crippen LogP contribution >= 0.6 is 0 Å². The highest BCUT2D eigenvalue weighted by atomic mass is 16.7. The van der Waals surface area contributed by atoms with Crippen molar-refractivity contribution in [2.45, 2.75) is 33.1 Å².